The number of likely N-dealkylation sites (tertiary alicyclic amines) is 1. The van der Waals surface area contributed by atoms with Crippen molar-refractivity contribution in [2.24, 2.45) is 0 Å². The lowest BCUT2D eigenvalue weighted by Gasteiger charge is -2.24. The summed E-state index contributed by atoms with van der Waals surface area (Å²) in [6, 6.07) is 12.9. The summed E-state index contributed by atoms with van der Waals surface area (Å²) in [5.41, 5.74) is 4.29. The van der Waals surface area contributed by atoms with Crippen LogP contribution in [0.5, 0.6) is 0 Å². The molecule has 1 saturated heterocycles. The Kier molecular flexibility index (Phi) is 9.62. The molecular weight excluding hydrogens is 592 g/mol. The van der Waals surface area contributed by atoms with Gasteiger partial charge in [-0.15, -0.1) is 0 Å². The molecule has 1 aliphatic heterocycles. The molecule has 9 nitrogen and oxygen atoms in total. The van der Waals surface area contributed by atoms with Crippen molar-refractivity contribution in [1.82, 2.24) is 29.2 Å². The van der Waals surface area contributed by atoms with Crippen molar-refractivity contribution in [3.63, 3.8) is 0 Å². The lowest BCUT2D eigenvalue weighted by Crippen LogP contribution is -2.35. The van der Waals surface area contributed by atoms with Gasteiger partial charge in [0.2, 0.25) is 0 Å². The Morgan fingerprint density at radius 2 is 1.86 bits per heavy atom. The van der Waals surface area contributed by atoms with Gasteiger partial charge in [0, 0.05) is 62.9 Å². The summed E-state index contributed by atoms with van der Waals surface area (Å²) in [6.45, 7) is 15.7. The average molecular weight is 635 g/mol. The highest BCUT2D eigenvalue weighted by molar-refractivity contribution is 6.76. The van der Waals surface area contributed by atoms with Crippen LogP contribution in [-0.4, -0.2) is 68.7 Å². The van der Waals surface area contributed by atoms with Crippen molar-refractivity contribution in [1.29, 1.82) is 0 Å². The number of imidazole rings is 1. The zero-order chi connectivity index (χ0) is 31.5. The summed E-state index contributed by atoms with van der Waals surface area (Å²) in [7, 11) is -1.22. The number of pyridine rings is 1. The number of hydrogen-bond donors (Lipinski definition) is 0. The zero-order valence-corrected chi connectivity index (χ0v) is 28.3. The molecule has 0 radical (unpaired) electrons. The molecule has 5 rings (SSSR count). The fraction of sp³-hybridized carbons (Fsp3) is 0.455. The van der Waals surface area contributed by atoms with E-state index in [9.17, 15) is 4.79 Å². The fourth-order valence-electron chi connectivity index (χ4n) is 5.08. The van der Waals surface area contributed by atoms with E-state index < -0.39 is 13.7 Å². The number of aromatic nitrogens is 5. The van der Waals surface area contributed by atoms with Gasteiger partial charge in [0.1, 0.15) is 18.0 Å². The van der Waals surface area contributed by atoms with Crippen LogP contribution in [-0.2, 0) is 22.7 Å². The molecule has 1 amide bonds. The second kappa shape index (κ2) is 13.3. The van der Waals surface area contributed by atoms with E-state index in [2.05, 4.69) is 37.0 Å². The molecule has 1 fully saturated rings. The van der Waals surface area contributed by atoms with E-state index in [0.717, 1.165) is 51.4 Å². The number of rotatable bonds is 10. The van der Waals surface area contributed by atoms with Crippen molar-refractivity contribution in [3.8, 4) is 22.6 Å². The van der Waals surface area contributed by atoms with Crippen LogP contribution in [0.3, 0.4) is 0 Å². The first kappa shape index (κ1) is 31.9. The van der Waals surface area contributed by atoms with Gasteiger partial charge in [0.15, 0.2) is 5.82 Å². The second-order valence-electron chi connectivity index (χ2n) is 13.7. The molecule has 0 N–H and O–H groups in total. The quantitative estimate of drug-likeness (QED) is 0.132. The topological polar surface area (TPSA) is 87.3 Å². The zero-order valence-electron chi connectivity index (χ0n) is 26.6. The van der Waals surface area contributed by atoms with Crippen molar-refractivity contribution in [3.05, 3.63) is 77.5 Å². The maximum Gasteiger partial charge on any atom is 0.410 e. The van der Waals surface area contributed by atoms with Gasteiger partial charge in [-0.3, -0.25) is 9.67 Å². The predicted octanol–water partition coefficient (Wildman–Crippen LogP) is 7.55. The number of halogens is 1. The average Bonchev–Trinajstić information content (AvgIpc) is 3.71. The van der Waals surface area contributed by atoms with Crippen molar-refractivity contribution in [2.45, 2.75) is 77.7 Å². The van der Waals surface area contributed by atoms with Gasteiger partial charge >= 0.3 is 6.09 Å². The highest BCUT2D eigenvalue weighted by Crippen LogP contribution is 2.31. The van der Waals surface area contributed by atoms with E-state index in [1.807, 2.05) is 78.9 Å². The van der Waals surface area contributed by atoms with E-state index >= 15 is 0 Å². The molecule has 0 saturated carbocycles. The smallest absolute Gasteiger partial charge is 0.410 e. The molecule has 0 bridgehead atoms. The van der Waals surface area contributed by atoms with Crippen molar-refractivity contribution >= 4 is 25.8 Å². The molecule has 1 unspecified atom stereocenters. The van der Waals surface area contributed by atoms with Crippen LogP contribution in [0.1, 0.15) is 44.4 Å². The molecule has 1 aliphatic rings. The minimum atomic E-state index is -1.22. The lowest BCUT2D eigenvalue weighted by atomic mass is 10.1. The summed E-state index contributed by atoms with van der Waals surface area (Å²) in [4.78, 5) is 24.3. The monoisotopic (exact) mass is 634 g/mol. The van der Waals surface area contributed by atoms with Gasteiger partial charge in [-0.05, 0) is 68.6 Å². The number of carbonyl (C=O) groups excluding carboxylic acids is 1. The van der Waals surface area contributed by atoms with E-state index in [1.54, 1.807) is 4.90 Å². The van der Waals surface area contributed by atoms with Crippen LogP contribution in [0.4, 0.5) is 4.79 Å². The Labute approximate surface area is 266 Å². The third-order valence-corrected chi connectivity index (χ3v) is 9.45. The van der Waals surface area contributed by atoms with Crippen LogP contribution >= 0.6 is 11.6 Å². The fourth-order valence-corrected chi connectivity index (χ4v) is 5.96. The first-order chi connectivity index (χ1) is 20.8. The number of amides is 1. The Bertz CT molecular complexity index is 1570. The SMILES string of the molecule is CC(C)(C)OC(=O)N1CCC(c2cn(COCC[Si](C)(C)C)c(-c3cc(-c4cnn(Cc5ccc(Cl)cc5)c4)ccn3)n2)C1. The molecule has 11 heteroatoms. The summed E-state index contributed by atoms with van der Waals surface area (Å²) < 4.78 is 15.7. The van der Waals surface area contributed by atoms with Crippen LogP contribution in [0, 0.1) is 0 Å². The maximum atomic E-state index is 12.7. The first-order valence-electron chi connectivity index (χ1n) is 15.2. The van der Waals surface area contributed by atoms with Crippen molar-refractivity contribution < 1.29 is 14.3 Å². The maximum absolute atomic E-state index is 12.7. The number of carbonyl (C=O) groups is 1. The number of hydrogen-bond acceptors (Lipinski definition) is 6. The highest BCUT2D eigenvalue weighted by Gasteiger charge is 2.32. The van der Waals surface area contributed by atoms with Gasteiger partial charge in [-0.1, -0.05) is 43.4 Å². The van der Waals surface area contributed by atoms with Gasteiger partial charge < -0.3 is 18.9 Å². The van der Waals surface area contributed by atoms with Gasteiger partial charge in [0.25, 0.3) is 0 Å². The van der Waals surface area contributed by atoms with E-state index in [0.29, 0.717) is 33.0 Å². The number of nitrogens with zero attached hydrogens (tertiary/aromatic N) is 6. The van der Waals surface area contributed by atoms with E-state index in [-0.39, 0.29) is 12.0 Å². The lowest BCUT2D eigenvalue weighted by molar-refractivity contribution is 0.0292. The summed E-state index contributed by atoms with van der Waals surface area (Å²) in [5.74, 6) is 0.859. The van der Waals surface area contributed by atoms with E-state index in [4.69, 9.17) is 31.0 Å². The Morgan fingerprint density at radius 1 is 1.09 bits per heavy atom. The number of benzene rings is 1. The highest BCUT2D eigenvalue weighted by atomic mass is 35.5. The predicted molar refractivity (Wildman–Crippen MR) is 177 cm³/mol. The molecule has 3 aromatic heterocycles. The van der Waals surface area contributed by atoms with Crippen LogP contribution in [0.25, 0.3) is 22.6 Å². The third kappa shape index (κ3) is 8.58. The largest absolute Gasteiger partial charge is 0.444 e. The van der Waals surface area contributed by atoms with Crippen molar-refractivity contribution in [2.75, 3.05) is 19.7 Å². The van der Waals surface area contributed by atoms with Gasteiger partial charge in [-0.2, -0.15) is 5.10 Å². The first-order valence-corrected chi connectivity index (χ1v) is 19.3. The molecule has 0 spiro atoms. The summed E-state index contributed by atoms with van der Waals surface area (Å²) in [5, 5.41) is 5.30. The minimum Gasteiger partial charge on any atom is -0.444 e. The second-order valence-corrected chi connectivity index (χ2v) is 19.8. The molecule has 1 aromatic carbocycles. The molecule has 0 aliphatic carbocycles. The molecule has 4 heterocycles. The molecular formula is C33H43ClN6O3Si. The number of ether oxygens (including phenoxy) is 2. The van der Waals surface area contributed by atoms with E-state index in [1.165, 1.54) is 0 Å². The molecule has 4 aromatic rings. The molecule has 234 valence electrons. The Balaban J connectivity index is 1.37. The Morgan fingerprint density at radius 3 is 2.59 bits per heavy atom. The van der Waals surface area contributed by atoms with Crippen LogP contribution < -0.4 is 0 Å². The van der Waals surface area contributed by atoms with Crippen LogP contribution in [0.15, 0.2) is 61.2 Å². The molecule has 44 heavy (non-hydrogen) atoms. The van der Waals surface area contributed by atoms with Gasteiger partial charge in [-0.25, -0.2) is 9.78 Å². The summed E-state index contributed by atoms with van der Waals surface area (Å²) >= 11 is 6.04. The van der Waals surface area contributed by atoms with Crippen LogP contribution in [0.2, 0.25) is 30.7 Å². The Hall–Kier alpha value is -3.47. The summed E-state index contributed by atoms with van der Waals surface area (Å²) in [6.07, 6.45) is 8.33. The standard InChI is InChI=1S/C33H43ClN6O3Si/c1-33(2,3)43-32(41)38-14-12-26(20-38)30-22-39(23-42-15-16-44(4,5)6)31(37-30)29-17-25(11-13-35-29)27-18-36-40(21-27)19-24-7-9-28(34)10-8-24/h7-11,13,17-18,21-22,26H,12,14-16,19-20,23H2,1-6H3. The minimum absolute atomic E-state index is 0.110. The normalized spacial score (nSPS) is 15.6. The van der Waals surface area contributed by atoms with Gasteiger partial charge in [0.05, 0.1) is 18.4 Å². The third-order valence-electron chi connectivity index (χ3n) is 7.49. The molecule has 1 atom stereocenters.